The summed E-state index contributed by atoms with van der Waals surface area (Å²) in [7, 11) is 0. The molecule has 1 spiro atoms. The van der Waals surface area contributed by atoms with Crippen molar-refractivity contribution >= 4 is 11.9 Å². The largest absolute Gasteiger partial charge is 0.378 e. The molecule has 0 radical (unpaired) electrons. The first-order valence-electron chi connectivity index (χ1n) is 5.11. The van der Waals surface area contributed by atoms with Crippen molar-refractivity contribution in [1.82, 2.24) is 10.2 Å². The summed E-state index contributed by atoms with van der Waals surface area (Å²) < 4.78 is 5.20. The van der Waals surface area contributed by atoms with Crippen LogP contribution in [0.1, 0.15) is 27.2 Å². The molecule has 3 amide bonds. The second-order valence-electron chi connectivity index (χ2n) is 5.13. The minimum Gasteiger partial charge on any atom is -0.378 e. The van der Waals surface area contributed by atoms with E-state index in [1.807, 2.05) is 20.8 Å². The van der Waals surface area contributed by atoms with Crippen molar-refractivity contribution in [2.45, 2.75) is 38.3 Å². The third-order valence-electron chi connectivity index (χ3n) is 2.85. The molecule has 1 unspecified atom stereocenters. The van der Waals surface area contributed by atoms with Gasteiger partial charge in [0.1, 0.15) is 5.54 Å². The average molecular weight is 212 g/mol. The molecule has 0 bridgehead atoms. The molecule has 0 aromatic rings. The standard InChI is InChI=1S/C10H16N2O3/c1-9(2,3)12-7(13)10(11-8(12)14)4-5-15-6-10/h4-6H2,1-3H3,(H,11,14). The van der Waals surface area contributed by atoms with Gasteiger partial charge in [-0.15, -0.1) is 0 Å². The lowest BCUT2D eigenvalue weighted by atomic mass is 9.97. The monoisotopic (exact) mass is 212 g/mol. The first kappa shape index (κ1) is 10.4. The Hall–Kier alpha value is -1.10. The topological polar surface area (TPSA) is 58.6 Å². The SMILES string of the molecule is CC(C)(C)N1C(=O)NC2(CCOC2)C1=O. The molecule has 2 saturated heterocycles. The molecule has 2 aliphatic heterocycles. The highest BCUT2D eigenvalue weighted by Crippen LogP contribution is 2.30. The fourth-order valence-corrected chi connectivity index (χ4v) is 2.06. The molecule has 2 heterocycles. The van der Waals surface area contributed by atoms with E-state index in [1.54, 1.807) is 0 Å². The first-order valence-corrected chi connectivity index (χ1v) is 5.11. The summed E-state index contributed by atoms with van der Waals surface area (Å²) in [6.45, 7) is 6.37. The lowest BCUT2D eigenvalue weighted by molar-refractivity contribution is -0.134. The molecule has 2 aliphatic rings. The normalized spacial score (nSPS) is 31.5. The van der Waals surface area contributed by atoms with Gasteiger partial charge in [0.05, 0.1) is 6.61 Å². The van der Waals surface area contributed by atoms with Gasteiger partial charge >= 0.3 is 6.03 Å². The Kier molecular flexibility index (Phi) is 2.05. The predicted octanol–water partition coefficient (Wildman–Crippen LogP) is 0.496. The molecule has 0 saturated carbocycles. The number of amides is 3. The minimum absolute atomic E-state index is 0.155. The highest BCUT2D eigenvalue weighted by atomic mass is 16.5. The van der Waals surface area contributed by atoms with Crippen molar-refractivity contribution in [2.24, 2.45) is 0 Å². The Balaban J connectivity index is 2.31. The van der Waals surface area contributed by atoms with Crippen LogP contribution < -0.4 is 5.32 Å². The van der Waals surface area contributed by atoms with E-state index in [1.165, 1.54) is 4.90 Å². The van der Waals surface area contributed by atoms with E-state index >= 15 is 0 Å². The van der Waals surface area contributed by atoms with E-state index in [-0.39, 0.29) is 11.9 Å². The van der Waals surface area contributed by atoms with Crippen LogP contribution in [0.5, 0.6) is 0 Å². The van der Waals surface area contributed by atoms with Gasteiger partial charge < -0.3 is 10.1 Å². The maximum Gasteiger partial charge on any atom is 0.325 e. The Morgan fingerprint density at radius 3 is 2.47 bits per heavy atom. The molecular weight excluding hydrogens is 196 g/mol. The third-order valence-corrected chi connectivity index (χ3v) is 2.85. The van der Waals surface area contributed by atoms with Crippen molar-refractivity contribution in [3.05, 3.63) is 0 Å². The number of urea groups is 1. The van der Waals surface area contributed by atoms with Crippen molar-refractivity contribution < 1.29 is 14.3 Å². The molecule has 1 atom stereocenters. The highest BCUT2D eigenvalue weighted by molar-refractivity contribution is 6.08. The van der Waals surface area contributed by atoms with Gasteiger partial charge in [-0.2, -0.15) is 0 Å². The van der Waals surface area contributed by atoms with E-state index < -0.39 is 11.1 Å². The Morgan fingerprint density at radius 2 is 2.07 bits per heavy atom. The number of nitrogens with one attached hydrogen (secondary N) is 1. The van der Waals surface area contributed by atoms with Gasteiger partial charge in [0.2, 0.25) is 0 Å². The van der Waals surface area contributed by atoms with Gasteiger partial charge in [0.15, 0.2) is 0 Å². The molecule has 0 aromatic heterocycles. The molecule has 0 aromatic carbocycles. The number of rotatable bonds is 0. The van der Waals surface area contributed by atoms with E-state index in [4.69, 9.17) is 4.74 Å². The summed E-state index contributed by atoms with van der Waals surface area (Å²) in [5.74, 6) is -0.155. The highest BCUT2D eigenvalue weighted by Gasteiger charge is 2.56. The van der Waals surface area contributed by atoms with Crippen LogP contribution in [0.4, 0.5) is 4.79 Å². The van der Waals surface area contributed by atoms with Gasteiger partial charge in [-0.3, -0.25) is 9.69 Å². The fourth-order valence-electron chi connectivity index (χ4n) is 2.06. The molecule has 5 nitrogen and oxygen atoms in total. The second-order valence-corrected chi connectivity index (χ2v) is 5.13. The lowest BCUT2D eigenvalue weighted by Crippen LogP contribution is -2.50. The van der Waals surface area contributed by atoms with Crippen molar-refractivity contribution in [3.63, 3.8) is 0 Å². The van der Waals surface area contributed by atoms with Gasteiger partial charge in [0.25, 0.3) is 5.91 Å². The number of carbonyl (C=O) groups excluding carboxylic acids is 2. The van der Waals surface area contributed by atoms with Crippen molar-refractivity contribution in [1.29, 1.82) is 0 Å². The van der Waals surface area contributed by atoms with Crippen LogP contribution in [0.15, 0.2) is 0 Å². The smallest absolute Gasteiger partial charge is 0.325 e. The van der Waals surface area contributed by atoms with Gasteiger partial charge in [-0.05, 0) is 20.8 Å². The number of hydrogen-bond acceptors (Lipinski definition) is 3. The number of hydrogen-bond donors (Lipinski definition) is 1. The second kappa shape index (κ2) is 2.95. The first-order chi connectivity index (χ1) is 6.87. The Labute approximate surface area is 88.8 Å². The Bertz CT molecular complexity index is 313. The van der Waals surface area contributed by atoms with Crippen LogP contribution >= 0.6 is 0 Å². The number of nitrogens with zero attached hydrogens (tertiary/aromatic N) is 1. The molecule has 84 valence electrons. The van der Waals surface area contributed by atoms with Crippen LogP contribution in [0.2, 0.25) is 0 Å². The summed E-state index contributed by atoms with van der Waals surface area (Å²) >= 11 is 0. The van der Waals surface area contributed by atoms with Crippen LogP contribution in [0, 0.1) is 0 Å². The zero-order valence-electron chi connectivity index (χ0n) is 9.29. The maximum absolute atomic E-state index is 12.1. The molecule has 1 N–H and O–H groups in total. The molecular formula is C10H16N2O3. The van der Waals surface area contributed by atoms with E-state index in [2.05, 4.69) is 5.32 Å². The van der Waals surface area contributed by atoms with Crippen molar-refractivity contribution in [2.75, 3.05) is 13.2 Å². The van der Waals surface area contributed by atoms with Crippen LogP contribution in [-0.2, 0) is 9.53 Å². The minimum atomic E-state index is -0.787. The number of imide groups is 1. The van der Waals surface area contributed by atoms with Crippen molar-refractivity contribution in [3.8, 4) is 0 Å². The third kappa shape index (κ3) is 1.42. The zero-order chi connectivity index (χ0) is 11.3. The summed E-state index contributed by atoms with van der Waals surface area (Å²) in [4.78, 5) is 25.2. The van der Waals surface area contributed by atoms with E-state index in [0.717, 1.165) is 0 Å². The number of ether oxygens (including phenoxy) is 1. The fraction of sp³-hybridized carbons (Fsp3) is 0.800. The molecule has 2 rings (SSSR count). The summed E-state index contributed by atoms with van der Waals surface area (Å²) in [5, 5.41) is 2.75. The maximum atomic E-state index is 12.1. The van der Waals surface area contributed by atoms with Crippen LogP contribution in [-0.4, -0.2) is 41.1 Å². The van der Waals surface area contributed by atoms with Gasteiger partial charge in [-0.1, -0.05) is 0 Å². The molecule has 5 heteroatoms. The molecule has 2 fully saturated rings. The lowest BCUT2D eigenvalue weighted by Gasteiger charge is -2.29. The average Bonchev–Trinajstić information content (AvgIpc) is 2.59. The zero-order valence-corrected chi connectivity index (χ0v) is 9.29. The summed E-state index contributed by atoms with van der Waals surface area (Å²) in [6.07, 6.45) is 0.574. The Morgan fingerprint density at radius 1 is 1.40 bits per heavy atom. The summed E-state index contributed by atoms with van der Waals surface area (Å²) in [5.41, 5.74) is -1.27. The van der Waals surface area contributed by atoms with E-state index in [9.17, 15) is 9.59 Å². The van der Waals surface area contributed by atoms with E-state index in [0.29, 0.717) is 19.6 Å². The van der Waals surface area contributed by atoms with Gasteiger partial charge in [-0.25, -0.2) is 4.79 Å². The molecule has 15 heavy (non-hydrogen) atoms. The molecule has 0 aliphatic carbocycles. The van der Waals surface area contributed by atoms with Crippen LogP contribution in [0.25, 0.3) is 0 Å². The van der Waals surface area contributed by atoms with Crippen LogP contribution in [0.3, 0.4) is 0 Å². The van der Waals surface area contributed by atoms with Gasteiger partial charge in [0, 0.05) is 18.6 Å². The quantitative estimate of drug-likeness (QED) is 0.595. The summed E-state index contributed by atoms with van der Waals surface area (Å²) in [6, 6.07) is -0.307. The predicted molar refractivity (Wildman–Crippen MR) is 53.3 cm³/mol. The number of carbonyl (C=O) groups is 2.